The molecule has 150 valence electrons. The lowest BCUT2D eigenvalue weighted by Gasteiger charge is -2.14. The minimum absolute atomic E-state index is 0.145. The molecule has 6 nitrogen and oxygen atoms in total. The van der Waals surface area contributed by atoms with E-state index in [1.165, 1.54) is 4.57 Å². The lowest BCUT2D eigenvalue weighted by molar-refractivity contribution is -0.116. The Morgan fingerprint density at radius 1 is 0.933 bits per heavy atom. The molecule has 0 fully saturated rings. The fourth-order valence-electron chi connectivity index (χ4n) is 3.18. The second kappa shape index (κ2) is 8.80. The van der Waals surface area contributed by atoms with Gasteiger partial charge in [0.2, 0.25) is 5.91 Å². The second-order valence-electron chi connectivity index (χ2n) is 6.74. The van der Waals surface area contributed by atoms with Crippen LogP contribution in [0.3, 0.4) is 0 Å². The highest BCUT2D eigenvalue weighted by Gasteiger charge is 2.13. The highest BCUT2D eigenvalue weighted by Crippen LogP contribution is 2.20. The monoisotopic (exact) mass is 418 g/mol. The molecule has 0 saturated heterocycles. The molecule has 0 spiro atoms. The largest absolute Gasteiger partial charge is 0.365 e. The number of carbonyl (C=O) groups excluding carboxylic acids is 1. The minimum Gasteiger partial charge on any atom is -0.365 e. The van der Waals surface area contributed by atoms with E-state index in [2.05, 4.69) is 15.6 Å². The molecule has 0 radical (unpaired) electrons. The van der Waals surface area contributed by atoms with E-state index >= 15 is 0 Å². The predicted octanol–water partition coefficient (Wildman–Crippen LogP) is 4.30. The summed E-state index contributed by atoms with van der Waals surface area (Å²) in [6, 6.07) is 24.0. The molecule has 30 heavy (non-hydrogen) atoms. The number of halogens is 1. The summed E-state index contributed by atoms with van der Waals surface area (Å²) in [7, 11) is 0. The molecule has 1 amide bonds. The Morgan fingerprint density at radius 3 is 2.40 bits per heavy atom. The van der Waals surface area contributed by atoms with Gasteiger partial charge in [0, 0.05) is 22.6 Å². The zero-order valence-corrected chi connectivity index (χ0v) is 16.8. The molecule has 0 bridgehead atoms. The van der Waals surface area contributed by atoms with Crippen molar-refractivity contribution in [3.05, 3.63) is 99.9 Å². The van der Waals surface area contributed by atoms with Crippen LogP contribution in [0, 0.1) is 0 Å². The van der Waals surface area contributed by atoms with Gasteiger partial charge in [0.05, 0.1) is 5.52 Å². The summed E-state index contributed by atoms with van der Waals surface area (Å²) in [6.45, 7) is 0.395. The molecule has 0 aliphatic heterocycles. The summed E-state index contributed by atoms with van der Waals surface area (Å²) in [4.78, 5) is 29.4. The van der Waals surface area contributed by atoms with E-state index in [0.29, 0.717) is 28.6 Å². The number of nitrogens with one attached hydrogen (secondary N) is 2. The first-order valence-corrected chi connectivity index (χ1v) is 9.81. The summed E-state index contributed by atoms with van der Waals surface area (Å²) in [5.41, 5.74) is 1.83. The lowest BCUT2D eigenvalue weighted by Crippen LogP contribution is -2.30. The molecule has 1 heterocycles. The maximum absolute atomic E-state index is 12.7. The first kappa shape index (κ1) is 19.7. The van der Waals surface area contributed by atoms with Crippen LogP contribution in [0.5, 0.6) is 0 Å². The molecule has 0 saturated carbocycles. The third-order valence-electron chi connectivity index (χ3n) is 4.62. The van der Waals surface area contributed by atoms with E-state index in [1.807, 2.05) is 54.6 Å². The number of rotatable bonds is 6. The Balaban J connectivity index is 1.59. The van der Waals surface area contributed by atoms with Crippen LogP contribution < -0.4 is 16.3 Å². The maximum Gasteiger partial charge on any atom is 0.350 e. The van der Waals surface area contributed by atoms with Crippen molar-refractivity contribution in [2.75, 3.05) is 10.6 Å². The standard InChI is InChI=1S/C23H19ClN4O2/c24-17-10-12-18(13-11-17)26-21(29)15-28-20-9-5-4-8-19(20)22(27-23(28)30)25-14-16-6-2-1-3-7-16/h1-13H,14-15H2,(H,26,29)(H,25,27,30). The van der Waals surface area contributed by atoms with Crippen LogP contribution in [0.25, 0.3) is 10.9 Å². The number of fused-ring (bicyclic) bond motifs is 1. The molecule has 1 aromatic heterocycles. The van der Waals surface area contributed by atoms with Gasteiger partial charge in [0.1, 0.15) is 12.4 Å². The topological polar surface area (TPSA) is 76.0 Å². The number of para-hydroxylation sites is 1. The molecule has 0 aliphatic rings. The summed E-state index contributed by atoms with van der Waals surface area (Å²) < 4.78 is 1.37. The van der Waals surface area contributed by atoms with Gasteiger partial charge < -0.3 is 10.6 Å². The van der Waals surface area contributed by atoms with Crippen molar-refractivity contribution in [3.63, 3.8) is 0 Å². The number of carbonyl (C=O) groups is 1. The molecule has 0 unspecified atom stereocenters. The van der Waals surface area contributed by atoms with Crippen LogP contribution in [0.1, 0.15) is 5.56 Å². The zero-order chi connectivity index (χ0) is 20.9. The SMILES string of the molecule is O=C(Cn1c(=O)nc(NCc2ccccc2)c2ccccc21)Nc1ccc(Cl)cc1. The third kappa shape index (κ3) is 4.50. The Hall–Kier alpha value is -3.64. The van der Waals surface area contributed by atoms with E-state index in [9.17, 15) is 9.59 Å². The Kier molecular flexibility index (Phi) is 5.77. The summed E-state index contributed by atoms with van der Waals surface area (Å²) in [5, 5.41) is 7.36. The van der Waals surface area contributed by atoms with Crippen molar-refractivity contribution in [1.82, 2.24) is 9.55 Å². The number of nitrogens with zero attached hydrogens (tertiary/aromatic N) is 2. The number of benzene rings is 3. The highest BCUT2D eigenvalue weighted by molar-refractivity contribution is 6.30. The van der Waals surface area contributed by atoms with Crippen LogP contribution in [0.4, 0.5) is 11.5 Å². The van der Waals surface area contributed by atoms with Crippen LogP contribution in [-0.4, -0.2) is 15.5 Å². The molecule has 0 aliphatic carbocycles. The molecule has 2 N–H and O–H groups in total. The quantitative estimate of drug-likeness (QED) is 0.489. The molecular weight excluding hydrogens is 400 g/mol. The van der Waals surface area contributed by atoms with Crippen LogP contribution >= 0.6 is 11.6 Å². The van der Waals surface area contributed by atoms with Crippen molar-refractivity contribution in [2.45, 2.75) is 13.1 Å². The van der Waals surface area contributed by atoms with Gasteiger partial charge in [-0.2, -0.15) is 4.98 Å². The van der Waals surface area contributed by atoms with Crippen molar-refractivity contribution in [2.24, 2.45) is 0 Å². The van der Waals surface area contributed by atoms with Gasteiger partial charge in [0.25, 0.3) is 0 Å². The maximum atomic E-state index is 12.7. The average Bonchev–Trinajstić information content (AvgIpc) is 2.77. The van der Waals surface area contributed by atoms with Gasteiger partial charge in [-0.25, -0.2) is 4.79 Å². The van der Waals surface area contributed by atoms with Gasteiger partial charge in [-0.1, -0.05) is 54.1 Å². The number of amides is 1. The van der Waals surface area contributed by atoms with Gasteiger partial charge in [-0.05, 0) is 42.0 Å². The number of hydrogen-bond acceptors (Lipinski definition) is 4. The average molecular weight is 419 g/mol. The predicted molar refractivity (Wildman–Crippen MR) is 120 cm³/mol. The number of anilines is 2. The van der Waals surface area contributed by atoms with E-state index in [0.717, 1.165) is 10.9 Å². The summed E-state index contributed by atoms with van der Waals surface area (Å²) in [6.07, 6.45) is 0. The van der Waals surface area contributed by atoms with Gasteiger partial charge in [-0.15, -0.1) is 0 Å². The zero-order valence-electron chi connectivity index (χ0n) is 16.0. The molecule has 4 rings (SSSR count). The molecular formula is C23H19ClN4O2. The van der Waals surface area contributed by atoms with Crippen molar-refractivity contribution >= 4 is 39.9 Å². The third-order valence-corrected chi connectivity index (χ3v) is 4.87. The first-order valence-electron chi connectivity index (χ1n) is 9.43. The van der Waals surface area contributed by atoms with Crippen LogP contribution in [0.2, 0.25) is 5.02 Å². The number of aromatic nitrogens is 2. The van der Waals surface area contributed by atoms with Gasteiger partial charge in [-0.3, -0.25) is 9.36 Å². The Bertz CT molecular complexity index is 1240. The Labute approximate surface area is 178 Å². The Morgan fingerprint density at radius 2 is 1.63 bits per heavy atom. The normalized spacial score (nSPS) is 10.7. The van der Waals surface area contributed by atoms with Gasteiger partial charge in [0.15, 0.2) is 0 Å². The number of hydrogen-bond donors (Lipinski definition) is 2. The fraction of sp³-hybridized carbons (Fsp3) is 0.0870. The fourth-order valence-corrected chi connectivity index (χ4v) is 3.30. The van der Waals surface area contributed by atoms with E-state index in [4.69, 9.17) is 11.6 Å². The first-order chi connectivity index (χ1) is 14.6. The van der Waals surface area contributed by atoms with Crippen LogP contribution in [-0.2, 0) is 17.9 Å². The van der Waals surface area contributed by atoms with Crippen LogP contribution in [0.15, 0.2) is 83.7 Å². The van der Waals surface area contributed by atoms with E-state index < -0.39 is 5.69 Å². The molecule has 4 aromatic rings. The van der Waals surface area contributed by atoms with Crippen molar-refractivity contribution in [3.8, 4) is 0 Å². The van der Waals surface area contributed by atoms with Crippen molar-refractivity contribution in [1.29, 1.82) is 0 Å². The lowest BCUT2D eigenvalue weighted by atomic mass is 10.2. The van der Waals surface area contributed by atoms with E-state index in [-0.39, 0.29) is 12.5 Å². The van der Waals surface area contributed by atoms with Crippen molar-refractivity contribution < 1.29 is 4.79 Å². The summed E-state index contributed by atoms with van der Waals surface area (Å²) >= 11 is 5.87. The van der Waals surface area contributed by atoms with E-state index in [1.54, 1.807) is 24.3 Å². The minimum atomic E-state index is -0.490. The molecule has 3 aromatic carbocycles. The van der Waals surface area contributed by atoms with Gasteiger partial charge >= 0.3 is 5.69 Å². The summed E-state index contributed by atoms with van der Waals surface area (Å²) in [5.74, 6) is 0.171. The second-order valence-corrected chi connectivity index (χ2v) is 7.18. The smallest absolute Gasteiger partial charge is 0.350 e. The molecule has 0 atom stereocenters. The molecule has 7 heteroatoms. The highest BCUT2D eigenvalue weighted by atomic mass is 35.5.